The molecule has 0 N–H and O–H groups in total. The van der Waals surface area contributed by atoms with Gasteiger partial charge in [-0.1, -0.05) is 18.2 Å². The fourth-order valence-corrected chi connectivity index (χ4v) is 4.90. The lowest BCUT2D eigenvalue weighted by Crippen LogP contribution is -2.26. The smallest absolute Gasteiger partial charge is 0.158 e. The summed E-state index contributed by atoms with van der Waals surface area (Å²) in [5.74, 6) is -1.54. The zero-order valence-corrected chi connectivity index (χ0v) is 13.3. The Labute approximate surface area is 119 Å². The quantitative estimate of drug-likeness (QED) is 0.804. The Kier molecular flexibility index (Phi) is 5.32. The molecule has 0 heterocycles. The van der Waals surface area contributed by atoms with Crippen molar-refractivity contribution in [3.05, 3.63) is 35.6 Å². The van der Waals surface area contributed by atoms with E-state index < -0.39 is 47.5 Å². The van der Waals surface area contributed by atoms with E-state index in [1.807, 2.05) is 0 Å². The van der Waals surface area contributed by atoms with Crippen LogP contribution < -0.4 is 0 Å². The Morgan fingerprint density at radius 2 is 1.45 bits per heavy atom. The fourth-order valence-electron chi connectivity index (χ4n) is 1.64. The van der Waals surface area contributed by atoms with Crippen LogP contribution in [0.15, 0.2) is 24.3 Å². The zero-order valence-electron chi connectivity index (χ0n) is 11.7. The first kappa shape index (κ1) is 17.1. The van der Waals surface area contributed by atoms with E-state index in [0.29, 0.717) is 0 Å². The van der Waals surface area contributed by atoms with Gasteiger partial charge in [-0.3, -0.25) is 0 Å². The van der Waals surface area contributed by atoms with Crippen LogP contribution in [0, 0.1) is 5.82 Å². The summed E-state index contributed by atoms with van der Waals surface area (Å²) >= 11 is 0. The first-order chi connectivity index (χ1) is 9.08. The van der Waals surface area contributed by atoms with Crippen LogP contribution in [0.1, 0.15) is 31.6 Å². The summed E-state index contributed by atoms with van der Waals surface area (Å²) in [7, 11) is -7.15. The third kappa shape index (κ3) is 4.02. The predicted molar refractivity (Wildman–Crippen MR) is 77.5 cm³/mol. The van der Waals surface area contributed by atoms with E-state index >= 15 is 0 Å². The molecule has 20 heavy (non-hydrogen) atoms. The number of hydrogen-bond acceptors (Lipinski definition) is 4. The number of hydrogen-bond donors (Lipinski definition) is 0. The van der Waals surface area contributed by atoms with Gasteiger partial charge in [0.2, 0.25) is 0 Å². The largest absolute Gasteiger partial charge is 0.229 e. The summed E-state index contributed by atoms with van der Waals surface area (Å²) in [4.78, 5) is 0. The van der Waals surface area contributed by atoms with Crippen molar-refractivity contribution in [1.82, 2.24) is 0 Å². The van der Waals surface area contributed by atoms with Gasteiger partial charge in [0.15, 0.2) is 19.7 Å². The Bertz CT molecular complexity index is 663. The lowest BCUT2D eigenvalue weighted by atomic mass is 10.1. The molecule has 114 valence electrons. The molecule has 1 aromatic rings. The Balaban J connectivity index is 2.93. The van der Waals surface area contributed by atoms with Crippen LogP contribution in [0.2, 0.25) is 0 Å². The maximum atomic E-state index is 13.6. The molecule has 0 unspecified atom stereocenters. The maximum Gasteiger partial charge on any atom is 0.158 e. The second kappa shape index (κ2) is 6.22. The lowest BCUT2D eigenvalue weighted by Gasteiger charge is -2.15. The third-order valence-corrected chi connectivity index (χ3v) is 7.82. The van der Waals surface area contributed by atoms with Gasteiger partial charge in [-0.05, 0) is 26.8 Å². The number of benzene rings is 1. The van der Waals surface area contributed by atoms with Crippen molar-refractivity contribution in [1.29, 1.82) is 0 Å². The second-order valence-electron chi connectivity index (χ2n) is 4.95. The summed E-state index contributed by atoms with van der Waals surface area (Å²) in [5, 5.41) is -1.69. The van der Waals surface area contributed by atoms with Gasteiger partial charge in [0.25, 0.3) is 0 Å². The molecule has 1 atom stereocenters. The molecule has 7 heteroatoms. The molecule has 0 amide bonds. The van der Waals surface area contributed by atoms with Gasteiger partial charge in [-0.25, -0.2) is 21.2 Å². The zero-order chi connectivity index (χ0) is 15.6. The highest BCUT2D eigenvalue weighted by molar-refractivity contribution is 7.95. The van der Waals surface area contributed by atoms with E-state index in [-0.39, 0.29) is 5.56 Å². The number of rotatable bonds is 6. The monoisotopic (exact) mass is 322 g/mol. The summed E-state index contributed by atoms with van der Waals surface area (Å²) in [6, 6.07) is 5.61. The average Bonchev–Trinajstić information content (AvgIpc) is 2.36. The summed E-state index contributed by atoms with van der Waals surface area (Å²) < 4.78 is 61.2. The molecule has 0 bridgehead atoms. The normalized spacial score (nSPS) is 14.4. The molecule has 0 saturated carbocycles. The van der Waals surface area contributed by atoms with E-state index in [1.54, 1.807) is 6.07 Å². The maximum absolute atomic E-state index is 13.6. The molecule has 1 aromatic carbocycles. The SMILES string of the molecule is CC(C)S(=O)(=O)CCS(=O)(=O)[C@H](C)c1ccccc1F. The lowest BCUT2D eigenvalue weighted by molar-refractivity contribution is 0.570. The van der Waals surface area contributed by atoms with E-state index in [4.69, 9.17) is 0 Å². The van der Waals surface area contributed by atoms with Crippen molar-refractivity contribution in [2.45, 2.75) is 31.3 Å². The number of sulfone groups is 2. The van der Waals surface area contributed by atoms with Gasteiger partial charge in [0.05, 0.1) is 22.0 Å². The molecule has 0 aromatic heterocycles. The van der Waals surface area contributed by atoms with Gasteiger partial charge in [-0.15, -0.1) is 0 Å². The molecule has 1 rings (SSSR count). The molecular formula is C13H19FO4S2. The highest BCUT2D eigenvalue weighted by Gasteiger charge is 2.28. The second-order valence-corrected chi connectivity index (χ2v) is 10.1. The Morgan fingerprint density at radius 3 is 1.95 bits per heavy atom. The van der Waals surface area contributed by atoms with E-state index in [9.17, 15) is 21.2 Å². The summed E-state index contributed by atoms with van der Waals surface area (Å²) in [6.45, 7) is 4.38. The van der Waals surface area contributed by atoms with Crippen LogP contribution in [0.5, 0.6) is 0 Å². The highest BCUT2D eigenvalue weighted by Crippen LogP contribution is 2.25. The van der Waals surface area contributed by atoms with E-state index in [1.165, 1.54) is 39.0 Å². The average molecular weight is 322 g/mol. The van der Waals surface area contributed by atoms with Crippen molar-refractivity contribution in [3.8, 4) is 0 Å². The van der Waals surface area contributed by atoms with E-state index in [0.717, 1.165) is 0 Å². The number of halogens is 1. The van der Waals surface area contributed by atoms with Gasteiger partial charge in [0.1, 0.15) is 5.82 Å². The van der Waals surface area contributed by atoms with Crippen molar-refractivity contribution in [2.75, 3.05) is 11.5 Å². The van der Waals surface area contributed by atoms with Crippen LogP contribution in [0.4, 0.5) is 4.39 Å². The summed E-state index contributed by atoms with van der Waals surface area (Å²) in [6.07, 6.45) is 0. The molecule has 0 aliphatic heterocycles. The first-order valence-corrected chi connectivity index (χ1v) is 9.68. The first-order valence-electron chi connectivity index (χ1n) is 6.25. The summed E-state index contributed by atoms with van der Waals surface area (Å²) in [5.41, 5.74) is 0.0643. The van der Waals surface area contributed by atoms with Crippen molar-refractivity contribution in [2.24, 2.45) is 0 Å². The van der Waals surface area contributed by atoms with Crippen LogP contribution >= 0.6 is 0 Å². The van der Waals surface area contributed by atoms with Crippen LogP contribution in [-0.2, 0) is 19.7 Å². The third-order valence-electron chi connectivity index (χ3n) is 3.25. The molecule has 4 nitrogen and oxygen atoms in total. The Morgan fingerprint density at radius 1 is 0.950 bits per heavy atom. The van der Waals surface area contributed by atoms with Gasteiger partial charge in [-0.2, -0.15) is 0 Å². The standard InChI is InChI=1S/C13H19FO4S2/c1-10(2)19(15,16)8-9-20(17,18)11(3)12-6-4-5-7-13(12)14/h4-7,10-11H,8-9H2,1-3H3/t11-/m1/s1. The van der Waals surface area contributed by atoms with Crippen LogP contribution in [0.3, 0.4) is 0 Å². The van der Waals surface area contributed by atoms with Crippen molar-refractivity contribution >= 4 is 19.7 Å². The highest BCUT2D eigenvalue weighted by atomic mass is 32.2. The minimum Gasteiger partial charge on any atom is -0.229 e. The van der Waals surface area contributed by atoms with Crippen molar-refractivity contribution in [3.63, 3.8) is 0 Å². The van der Waals surface area contributed by atoms with Gasteiger partial charge in [0, 0.05) is 5.56 Å². The predicted octanol–water partition coefficient (Wildman–Crippen LogP) is 2.12. The van der Waals surface area contributed by atoms with E-state index in [2.05, 4.69) is 0 Å². The van der Waals surface area contributed by atoms with Crippen molar-refractivity contribution < 1.29 is 21.2 Å². The minimum atomic E-state index is -3.72. The van der Waals surface area contributed by atoms with Gasteiger partial charge < -0.3 is 0 Å². The molecule has 0 radical (unpaired) electrons. The topological polar surface area (TPSA) is 68.3 Å². The molecule has 0 aliphatic carbocycles. The Hall–Kier alpha value is -0.950. The molecule has 0 fully saturated rings. The molecule has 0 aliphatic rings. The minimum absolute atomic E-state index is 0.0643. The molecule has 0 saturated heterocycles. The van der Waals surface area contributed by atoms with Gasteiger partial charge >= 0.3 is 0 Å². The molecular weight excluding hydrogens is 303 g/mol. The fraction of sp³-hybridized carbons (Fsp3) is 0.538. The molecule has 0 spiro atoms. The van der Waals surface area contributed by atoms with Crippen LogP contribution in [0.25, 0.3) is 0 Å². The van der Waals surface area contributed by atoms with Crippen LogP contribution in [-0.4, -0.2) is 33.6 Å².